The van der Waals surface area contributed by atoms with Crippen molar-refractivity contribution in [2.24, 2.45) is 0 Å². The van der Waals surface area contributed by atoms with Crippen molar-refractivity contribution in [3.05, 3.63) is 32.6 Å². The average Bonchev–Trinajstić information content (AvgIpc) is 2.87. The number of ether oxygens (including phenoxy) is 2. The van der Waals surface area contributed by atoms with E-state index in [4.69, 9.17) is 24.2 Å². The number of H-pyrrole nitrogens is 1. The molecule has 0 spiro atoms. The molecule has 18 nitrogen and oxygen atoms in total. The molecule has 7 N–H and O–H groups in total. The predicted octanol–water partition coefficient (Wildman–Crippen LogP) is -2.35. The van der Waals surface area contributed by atoms with Gasteiger partial charge < -0.3 is 39.3 Å². The number of aliphatic hydroxyl groups excluding tert-OH is 2. The van der Waals surface area contributed by atoms with Crippen LogP contribution in [0, 0.1) is 0 Å². The van der Waals surface area contributed by atoms with Crippen LogP contribution < -0.4 is 11.2 Å². The number of aromatic amines is 1. The topological polar surface area (TPSA) is 274 Å². The van der Waals surface area contributed by atoms with Crippen LogP contribution in [0.2, 0.25) is 0 Å². The number of methoxy groups -OCH3 is 1. The first-order valence-electron chi connectivity index (χ1n) is 8.18. The minimum Gasteiger partial charge on any atom is -0.387 e. The molecule has 1 aliphatic rings. The maximum absolute atomic E-state index is 12.1. The summed E-state index contributed by atoms with van der Waals surface area (Å²) in [5, 5.41) is 20.3. The summed E-state index contributed by atoms with van der Waals surface area (Å²) in [5.41, 5.74) is -2.11. The zero-order chi connectivity index (χ0) is 24.5. The van der Waals surface area contributed by atoms with E-state index >= 15 is 0 Å². The van der Waals surface area contributed by atoms with E-state index in [0.29, 0.717) is 0 Å². The van der Waals surface area contributed by atoms with E-state index in [9.17, 15) is 38.4 Å². The van der Waals surface area contributed by atoms with Crippen LogP contribution >= 0.6 is 23.5 Å². The lowest BCUT2D eigenvalue weighted by Gasteiger charge is -2.19. The lowest BCUT2D eigenvalue weighted by atomic mass is 10.0. The third-order valence-corrected chi connectivity index (χ3v) is 7.60. The first-order chi connectivity index (χ1) is 14.6. The van der Waals surface area contributed by atoms with Crippen LogP contribution in [-0.4, -0.2) is 71.4 Å². The third-order valence-electron chi connectivity index (χ3n) is 3.79. The van der Waals surface area contributed by atoms with Crippen LogP contribution in [0.15, 0.2) is 15.8 Å². The molecule has 0 amide bonds. The summed E-state index contributed by atoms with van der Waals surface area (Å²) in [6.45, 7) is -1.34. The van der Waals surface area contributed by atoms with Gasteiger partial charge in [-0.3, -0.25) is 18.9 Å². The number of hydrogen-bond donors (Lipinski definition) is 7. The Balaban J connectivity index is 2.13. The maximum atomic E-state index is 12.1. The van der Waals surface area contributed by atoms with Crippen molar-refractivity contribution in [1.29, 1.82) is 0 Å². The van der Waals surface area contributed by atoms with Crippen molar-refractivity contribution in [3.63, 3.8) is 0 Å². The molecule has 0 radical (unpaired) electrons. The molecular formula is C11H19N2O16P3. The molecule has 21 heteroatoms. The van der Waals surface area contributed by atoms with Crippen molar-refractivity contribution in [2.45, 2.75) is 31.1 Å². The van der Waals surface area contributed by atoms with Gasteiger partial charge in [0.25, 0.3) is 5.56 Å². The fraction of sp³-hybridized carbons (Fsp3) is 0.636. The highest BCUT2D eigenvalue weighted by atomic mass is 31.3. The summed E-state index contributed by atoms with van der Waals surface area (Å²) < 4.78 is 56.0. The minimum atomic E-state index is -5.75. The van der Waals surface area contributed by atoms with Gasteiger partial charge in [0, 0.05) is 13.3 Å². The zero-order valence-electron chi connectivity index (χ0n) is 15.9. The Morgan fingerprint density at radius 2 is 1.69 bits per heavy atom. The lowest BCUT2D eigenvalue weighted by molar-refractivity contribution is -0.0230. The first kappa shape index (κ1) is 27.2. The maximum Gasteiger partial charge on any atom is 0.490 e. The molecule has 2 unspecified atom stereocenters. The van der Waals surface area contributed by atoms with Gasteiger partial charge in [-0.2, -0.15) is 8.62 Å². The molecular weight excluding hydrogens is 509 g/mol. The first-order valence-corrected chi connectivity index (χ1v) is 12.7. The number of aliphatic hydroxyl groups is 2. The molecule has 184 valence electrons. The Labute approximate surface area is 177 Å². The smallest absolute Gasteiger partial charge is 0.387 e. The predicted molar refractivity (Wildman–Crippen MR) is 97.8 cm³/mol. The van der Waals surface area contributed by atoms with Crippen LogP contribution in [-0.2, 0) is 43.0 Å². The lowest BCUT2D eigenvalue weighted by Crippen LogP contribution is -2.36. The molecule has 0 bridgehead atoms. The number of nitrogens with one attached hydrogen (secondary N) is 1. The summed E-state index contributed by atoms with van der Waals surface area (Å²) in [6, 6.07) is 0. The molecule has 32 heavy (non-hydrogen) atoms. The Hall–Kier alpha value is -1.07. The molecule has 6 atom stereocenters. The fourth-order valence-electron chi connectivity index (χ4n) is 2.58. The van der Waals surface area contributed by atoms with Gasteiger partial charge in [0.2, 0.25) is 0 Å². The molecule has 1 aromatic heterocycles. The van der Waals surface area contributed by atoms with E-state index in [1.54, 1.807) is 0 Å². The van der Waals surface area contributed by atoms with Crippen molar-refractivity contribution >= 4 is 23.5 Å². The SMILES string of the molecule is COCn1cc([C@@H]2O[C@H](COP(=O)(O)OP(=O)(O)OP(=O)(O)O)[C@@H](O)[C@H]2O)c(=O)[nH]c1=O. The number of nitrogens with zero attached hydrogens (tertiary/aromatic N) is 1. The summed E-state index contributed by atoms with van der Waals surface area (Å²) in [5.74, 6) is 0. The molecule has 2 heterocycles. The standard InChI is InChI=1S/C11H19N2O16P3/c1-25-4-13-2-5(10(16)12-11(13)17)9-8(15)7(14)6(27-9)3-26-31(21,22)29-32(23,24)28-30(18,19)20/h2,6-9,14-15H,3-4H2,1H3,(H,21,22)(H,23,24)(H,12,16,17)(H2,18,19,20)/t6-,7-,8-,9+/m1/s1. The van der Waals surface area contributed by atoms with Crippen LogP contribution in [0.25, 0.3) is 0 Å². The van der Waals surface area contributed by atoms with E-state index < -0.39 is 65.7 Å². The quantitative estimate of drug-likeness (QED) is 0.157. The number of aromatic nitrogens is 2. The number of phosphoric ester groups is 1. The van der Waals surface area contributed by atoms with Crippen molar-refractivity contribution in [3.8, 4) is 0 Å². The summed E-state index contributed by atoms with van der Waals surface area (Å²) in [6.07, 6.45) is -5.72. The van der Waals surface area contributed by atoms with E-state index in [2.05, 4.69) is 13.1 Å². The molecule has 0 saturated carbocycles. The third kappa shape index (κ3) is 7.21. The van der Waals surface area contributed by atoms with Crippen LogP contribution in [0.4, 0.5) is 0 Å². The molecule has 1 aromatic rings. The second kappa shape index (κ2) is 10.0. The Bertz CT molecular complexity index is 1080. The normalized spacial score (nSPS) is 27.7. The Morgan fingerprint density at radius 1 is 1.06 bits per heavy atom. The van der Waals surface area contributed by atoms with E-state index in [-0.39, 0.29) is 12.3 Å². The molecule has 0 aliphatic carbocycles. The van der Waals surface area contributed by atoms with E-state index in [0.717, 1.165) is 10.8 Å². The van der Waals surface area contributed by atoms with Gasteiger partial charge in [-0.25, -0.2) is 18.5 Å². The number of phosphoric acid groups is 3. The van der Waals surface area contributed by atoms with Crippen molar-refractivity contribution in [2.75, 3.05) is 13.7 Å². The van der Waals surface area contributed by atoms with Gasteiger partial charge in [-0.1, -0.05) is 0 Å². The second-order valence-electron chi connectivity index (χ2n) is 6.19. The summed E-state index contributed by atoms with van der Waals surface area (Å²) in [4.78, 5) is 61.2. The fourth-order valence-corrected chi connectivity index (χ4v) is 5.61. The van der Waals surface area contributed by atoms with Gasteiger partial charge in [-0.15, -0.1) is 0 Å². The molecule has 1 saturated heterocycles. The Morgan fingerprint density at radius 3 is 2.25 bits per heavy atom. The largest absolute Gasteiger partial charge is 0.490 e. The van der Waals surface area contributed by atoms with Gasteiger partial charge in [-0.05, 0) is 0 Å². The monoisotopic (exact) mass is 528 g/mol. The summed E-state index contributed by atoms with van der Waals surface area (Å²) in [7, 11) is -15.6. The van der Waals surface area contributed by atoms with E-state index in [1.807, 2.05) is 4.98 Å². The van der Waals surface area contributed by atoms with Gasteiger partial charge in [0.15, 0.2) is 0 Å². The van der Waals surface area contributed by atoms with E-state index in [1.165, 1.54) is 7.11 Å². The molecule has 0 aromatic carbocycles. The van der Waals surface area contributed by atoms with Crippen LogP contribution in [0.1, 0.15) is 11.7 Å². The summed E-state index contributed by atoms with van der Waals surface area (Å²) >= 11 is 0. The minimum absolute atomic E-state index is 0.274. The van der Waals surface area contributed by atoms with Gasteiger partial charge in [0.1, 0.15) is 31.1 Å². The molecule has 1 fully saturated rings. The van der Waals surface area contributed by atoms with Crippen molar-refractivity contribution < 1.29 is 66.1 Å². The second-order valence-corrected chi connectivity index (χ2v) is 10.6. The molecule has 1 aliphatic heterocycles. The Kier molecular flexibility index (Phi) is 8.53. The number of hydrogen-bond acceptors (Lipinski definition) is 12. The highest BCUT2D eigenvalue weighted by molar-refractivity contribution is 7.66. The van der Waals surface area contributed by atoms with Crippen LogP contribution in [0.3, 0.4) is 0 Å². The van der Waals surface area contributed by atoms with Crippen LogP contribution in [0.5, 0.6) is 0 Å². The number of rotatable bonds is 10. The zero-order valence-corrected chi connectivity index (χ0v) is 18.5. The highest BCUT2D eigenvalue weighted by Gasteiger charge is 2.47. The van der Waals surface area contributed by atoms with Crippen molar-refractivity contribution in [1.82, 2.24) is 9.55 Å². The van der Waals surface area contributed by atoms with Gasteiger partial charge >= 0.3 is 29.2 Å². The highest BCUT2D eigenvalue weighted by Crippen LogP contribution is 2.66. The molecule has 2 rings (SSSR count). The van der Waals surface area contributed by atoms with Gasteiger partial charge in [0.05, 0.1) is 12.2 Å². The average molecular weight is 528 g/mol.